The number of carbonyl (C=O) groups excluding carboxylic acids is 2. The largest absolute Gasteiger partial charge is 0.438 e. The van der Waals surface area contributed by atoms with Gasteiger partial charge in [0.2, 0.25) is 0 Å². The molecule has 42 heavy (non-hydrogen) atoms. The molecule has 0 amide bonds. The van der Waals surface area contributed by atoms with Crippen molar-refractivity contribution in [2.75, 3.05) is 5.75 Å². The molecule has 0 radical (unpaired) electrons. The standard InChI is InChI=1S/C25H33B3F6O7S/c26-9-13-7-14(10-27)20(15(8-13)11-28)40-21(35)18-5-1-4-17-16(18)3-2-6-19(17)22(36)41-23(24(29,30)31,25(32,33)34)12-42(37,38)39/h7-8,16-19H,1-6,9-12,26-28H2,(H,37,38,39). The second kappa shape index (κ2) is 12.8. The smallest absolute Gasteiger partial charge is 0.438 e. The molecule has 17 heteroatoms. The predicted molar refractivity (Wildman–Crippen MR) is 148 cm³/mol. The maximum absolute atomic E-state index is 13.8. The Bertz CT molecular complexity index is 1230. The first-order valence-corrected chi connectivity index (χ1v) is 15.7. The summed E-state index contributed by atoms with van der Waals surface area (Å²) in [5, 5.41) is 0. The van der Waals surface area contributed by atoms with Gasteiger partial charge in [0, 0.05) is 0 Å². The van der Waals surface area contributed by atoms with Crippen molar-refractivity contribution in [2.24, 2.45) is 23.7 Å². The van der Waals surface area contributed by atoms with Crippen molar-refractivity contribution < 1.29 is 58.4 Å². The van der Waals surface area contributed by atoms with E-state index >= 15 is 0 Å². The van der Waals surface area contributed by atoms with Gasteiger partial charge in [0.15, 0.2) is 0 Å². The minimum Gasteiger partial charge on any atom is -0.438 e. The van der Waals surface area contributed by atoms with Crippen LogP contribution in [0.15, 0.2) is 12.1 Å². The van der Waals surface area contributed by atoms with E-state index in [9.17, 15) is 44.3 Å². The van der Waals surface area contributed by atoms with E-state index in [0.29, 0.717) is 37.7 Å². The van der Waals surface area contributed by atoms with Gasteiger partial charge in [-0.2, -0.15) is 34.8 Å². The number of carbonyl (C=O) groups is 2. The molecule has 2 saturated carbocycles. The topological polar surface area (TPSA) is 107 Å². The van der Waals surface area contributed by atoms with E-state index in [2.05, 4.69) is 4.74 Å². The fourth-order valence-electron chi connectivity index (χ4n) is 6.42. The SMILES string of the molecule is BCc1cc(CB)c(OC(=O)C2CCCC3C(C(=O)OC(CS(=O)(=O)O)(C(F)(F)F)C(F)(F)F)CCCC23)c(CB)c1. The molecule has 4 atom stereocenters. The Morgan fingerprint density at radius 2 is 1.26 bits per heavy atom. The van der Waals surface area contributed by atoms with Crippen LogP contribution >= 0.6 is 0 Å². The average Bonchev–Trinajstić information content (AvgIpc) is 2.89. The molecular weight excluding hydrogens is 591 g/mol. The minimum absolute atomic E-state index is 0.0993. The van der Waals surface area contributed by atoms with Gasteiger partial charge in [-0.05, 0) is 48.6 Å². The molecule has 1 aromatic rings. The summed E-state index contributed by atoms with van der Waals surface area (Å²) in [5.41, 5.74) is -2.70. The molecule has 2 aliphatic rings. The second-order valence-corrected chi connectivity index (χ2v) is 12.5. The highest BCUT2D eigenvalue weighted by Gasteiger charge is 2.76. The van der Waals surface area contributed by atoms with E-state index in [1.54, 1.807) is 0 Å². The number of hydrogen-bond donors (Lipinski definition) is 1. The van der Waals surface area contributed by atoms with E-state index in [-0.39, 0.29) is 19.3 Å². The first-order chi connectivity index (χ1) is 19.4. The summed E-state index contributed by atoms with van der Waals surface area (Å²) in [7, 11) is -0.0491. The van der Waals surface area contributed by atoms with Crippen LogP contribution in [0.4, 0.5) is 26.3 Å². The molecule has 1 aromatic carbocycles. The first-order valence-electron chi connectivity index (χ1n) is 14.1. The van der Waals surface area contributed by atoms with Gasteiger partial charge in [0.05, 0.1) is 11.8 Å². The zero-order valence-corrected chi connectivity index (χ0v) is 24.4. The molecule has 7 nitrogen and oxygen atoms in total. The molecule has 4 unspecified atom stereocenters. The van der Waals surface area contributed by atoms with Crippen LogP contribution in [0.1, 0.15) is 55.2 Å². The third kappa shape index (κ3) is 7.14. The summed E-state index contributed by atoms with van der Waals surface area (Å²) in [6.07, 6.45) is -9.30. The van der Waals surface area contributed by atoms with Gasteiger partial charge in [-0.3, -0.25) is 14.1 Å². The van der Waals surface area contributed by atoms with Gasteiger partial charge in [0.1, 0.15) is 35.0 Å². The maximum atomic E-state index is 13.8. The molecular formula is C25H33B3F6O7S. The Hall–Kier alpha value is -2.16. The minimum atomic E-state index is -6.40. The third-order valence-corrected chi connectivity index (χ3v) is 9.32. The third-order valence-electron chi connectivity index (χ3n) is 8.55. The van der Waals surface area contributed by atoms with Gasteiger partial charge in [0.25, 0.3) is 10.1 Å². The lowest BCUT2D eigenvalue weighted by Crippen LogP contribution is -2.64. The Morgan fingerprint density at radius 1 is 0.810 bits per heavy atom. The van der Waals surface area contributed by atoms with Gasteiger partial charge in [-0.1, -0.05) is 49.5 Å². The summed E-state index contributed by atoms with van der Waals surface area (Å²) in [5.74, 6) is -8.44. The van der Waals surface area contributed by atoms with Crippen molar-refractivity contribution in [1.29, 1.82) is 0 Å². The van der Waals surface area contributed by atoms with Crippen molar-refractivity contribution in [3.05, 3.63) is 28.8 Å². The molecule has 0 spiro atoms. The number of alkyl halides is 6. The van der Waals surface area contributed by atoms with Crippen LogP contribution in [0.5, 0.6) is 5.75 Å². The zero-order chi connectivity index (χ0) is 31.7. The zero-order valence-electron chi connectivity index (χ0n) is 23.6. The van der Waals surface area contributed by atoms with Crippen molar-refractivity contribution in [3.8, 4) is 5.75 Å². The fourth-order valence-corrected chi connectivity index (χ4v) is 7.32. The van der Waals surface area contributed by atoms with Crippen LogP contribution in [0.3, 0.4) is 0 Å². The monoisotopic (exact) mass is 624 g/mol. The lowest BCUT2D eigenvalue weighted by atomic mass is 9.61. The van der Waals surface area contributed by atoms with Crippen LogP contribution < -0.4 is 4.74 Å². The molecule has 0 heterocycles. The molecule has 0 bridgehead atoms. The number of benzene rings is 1. The molecule has 0 aromatic heterocycles. The highest BCUT2D eigenvalue weighted by molar-refractivity contribution is 7.85. The second-order valence-electron chi connectivity index (χ2n) is 11.1. The van der Waals surface area contributed by atoms with Crippen molar-refractivity contribution in [1.82, 2.24) is 0 Å². The molecule has 0 aliphatic heterocycles. The Kier molecular flexibility index (Phi) is 10.5. The number of ether oxygens (including phenoxy) is 2. The average molecular weight is 624 g/mol. The Balaban J connectivity index is 1.90. The number of esters is 2. The predicted octanol–water partition coefficient (Wildman–Crippen LogP) is 2.12. The van der Waals surface area contributed by atoms with Crippen LogP contribution in [-0.4, -0.2) is 72.2 Å². The summed E-state index contributed by atoms with van der Waals surface area (Å²) in [6, 6.07) is 3.91. The maximum Gasteiger partial charge on any atom is 0.438 e. The highest BCUT2D eigenvalue weighted by Crippen LogP contribution is 2.51. The Morgan fingerprint density at radius 3 is 1.64 bits per heavy atom. The molecule has 1 N–H and O–H groups in total. The molecule has 3 rings (SSSR count). The lowest BCUT2D eigenvalue weighted by Gasteiger charge is -2.45. The summed E-state index contributed by atoms with van der Waals surface area (Å²) < 4.78 is 124. The number of fused-ring (bicyclic) bond motifs is 1. The fraction of sp³-hybridized carbons (Fsp3) is 0.680. The number of hydrogen-bond acceptors (Lipinski definition) is 6. The van der Waals surface area contributed by atoms with E-state index in [4.69, 9.17) is 9.29 Å². The first kappa shape index (κ1) is 34.3. The van der Waals surface area contributed by atoms with Crippen molar-refractivity contribution >= 4 is 45.6 Å². The molecule has 0 saturated heterocycles. The lowest BCUT2D eigenvalue weighted by molar-refractivity contribution is -0.362. The highest BCUT2D eigenvalue weighted by atomic mass is 32.2. The molecule has 2 fully saturated rings. The van der Waals surface area contributed by atoms with E-state index in [1.165, 1.54) is 0 Å². The summed E-state index contributed by atoms with van der Waals surface area (Å²) in [4.78, 5) is 26.5. The van der Waals surface area contributed by atoms with E-state index in [1.807, 2.05) is 35.7 Å². The van der Waals surface area contributed by atoms with Gasteiger partial charge in [-0.15, -0.1) is 0 Å². The number of halogens is 6. The van der Waals surface area contributed by atoms with Gasteiger partial charge >= 0.3 is 29.9 Å². The summed E-state index contributed by atoms with van der Waals surface area (Å²) in [6.45, 7) is 0. The Labute approximate surface area is 243 Å². The van der Waals surface area contributed by atoms with Crippen LogP contribution in [0.25, 0.3) is 0 Å². The van der Waals surface area contributed by atoms with Crippen LogP contribution in [0, 0.1) is 23.7 Å². The van der Waals surface area contributed by atoms with Crippen LogP contribution in [0.2, 0.25) is 0 Å². The van der Waals surface area contributed by atoms with Gasteiger partial charge in [-0.25, -0.2) is 0 Å². The normalized spacial score (nSPS) is 23.6. The molecule has 2 aliphatic carbocycles. The van der Waals surface area contributed by atoms with Gasteiger partial charge < -0.3 is 9.47 Å². The summed E-state index contributed by atoms with van der Waals surface area (Å²) >= 11 is 0. The van der Waals surface area contributed by atoms with Crippen molar-refractivity contribution in [3.63, 3.8) is 0 Å². The molecule has 232 valence electrons. The van der Waals surface area contributed by atoms with Crippen molar-refractivity contribution in [2.45, 2.75) is 75.4 Å². The van der Waals surface area contributed by atoms with Crippen LogP contribution in [-0.2, 0) is 43.4 Å². The van der Waals surface area contributed by atoms with E-state index < -0.39 is 69.4 Å². The van der Waals surface area contributed by atoms with E-state index in [0.717, 1.165) is 23.0 Å². The number of rotatable bonds is 9. The quantitative estimate of drug-likeness (QED) is 0.148.